The Bertz CT molecular complexity index is 191. The van der Waals surface area contributed by atoms with Crippen LogP contribution in [0.1, 0.15) is 27.7 Å². The highest BCUT2D eigenvalue weighted by Gasteiger charge is 2.13. The number of hydrogen-bond donors (Lipinski definition) is 0. The van der Waals surface area contributed by atoms with Gasteiger partial charge in [-0.15, -0.1) is 6.42 Å². The van der Waals surface area contributed by atoms with Gasteiger partial charge in [-0.1, -0.05) is 27.7 Å². The van der Waals surface area contributed by atoms with Crippen molar-refractivity contribution in [3.8, 4) is 12.3 Å². The zero-order valence-electron chi connectivity index (χ0n) is 9.00. The number of amides is 1. The Balaban J connectivity index is 4.21. The Labute approximate surface area is 81.3 Å². The lowest BCUT2D eigenvalue weighted by Crippen LogP contribution is -2.36. The van der Waals surface area contributed by atoms with Crippen molar-refractivity contribution in [2.45, 2.75) is 27.7 Å². The van der Waals surface area contributed by atoms with Crippen molar-refractivity contribution in [1.29, 1.82) is 0 Å². The summed E-state index contributed by atoms with van der Waals surface area (Å²) in [5.74, 6) is 2.91. The molecule has 0 rings (SSSR count). The lowest BCUT2D eigenvalue weighted by Gasteiger charge is -2.23. The molecule has 0 fully saturated rings. The van der Waals surface area contributed by atoms with Crippen molar-refractivity contribution in [3.05, 3.63) is 0 Å². The van der Waals surface area contributed by atoms with Gasteiger partial charge in [0.1, 0.15) is 0 Å². The fraction of sp³-hybridized carbons (Fsp3) is 0.727. The molecule has 0 saturated heterocycles. The van der Waals surface area contributed by atoms with Gasteiger partial charge in [0.15, 0.2) is 0 Å². The van der Waals surface area contributed by atoms with E-state index in [9.17, 15) is 4.79 Å². The minimum absolute atomic E-state index is 0.192. The summed E-state index contributed by atoms with van der Waals surface area (Å²) in [6, 6.07) is 0. The van der Waals surface area contributed by atoms with Crippen LogP contribution in [0.5, 0.6) is 0 Å². The molecule has 13 heavy (non-hydrogen) atoms. The molecule has 2 heteroatoms. The number of nitrogens with zero attached hydrogens (tertiary/aromatic N) is 1. The second kappa shape index (κ2) is 5.64. The number of terminal acetylenes is 1. The average Bonchev–Trinajstić information content (AvgIpc) is 2.00. The quantitative estimate of drug-likeness (QED) is 0.605. The van der Waals surface area contributed by atoms with E-state index in [0.29, 0.717) is 11.8 Å². The zero-order valence-corrected chi connectivity index (χ0v) is 9.00. The van der Waals surface area contributed by atoms with E-state index in [1.807, 2.05) is 0 Å². The third-order valence-electron chi connectivity index (χ3n) is 1.58. The summed E-state index contributed by atoms with van der Waals surface area (Å²) in [7, 11) is 0. The van der Waals surface area contributed by atoms with Gasteiger partial charge in [0.2, 0.25) is 0 Å². The van der Waals surface area contributed by atoms with Crippen molar-refractivity contribution < 1.29 is 4.79 Å². The molecule has 0 saturated carbocycles. The SMILES string of the molecule is C#CC(=O)N(CC(C)C)CC(C)C. The van der Waals surface area contributed by atoms with E-state index in [0.717, 1.165) is 13.1 Å². The fourth-order valence-electron chi connectivity index (χ4n) is 1.21. The minimum atomic E-state index is -0.192. The van der Waals surface area contributed by atoms with E-state index < -0.39 is 0 Å². The molecule has 0 aromatic heterocycles. The van der Waals surface area contributed by atoms with E-state index in [1.165, 1.54) is 0 Å². The molecule has 0 bridgehead atoms. The summed E-state index contributed by atoms with van der Waals surface area (Å²) in [6.45, 7) is 9.82. The molecule has 0 spiro atoms. The lowest BCUT2D eigenvalue weighted by atomic mass is 10.1. The Morgan fingerprint density at radius 2 is 1.62 bits per heavy atom. The molecule has 0 heterocycles. The van der Waals surface area contributed by atoms with Crippen LogP contribution < -0.4 is 0 Å². The van der Waals surface area contributed by atoms with E-state index >= 15 is 0 Å². The van der Waals surface area contributed by atoms with Crippen LogP contribution in [0.2, 0.25) is 0 Å². The van der Waals surface area contributed by atoms with Crippen LogP contribution in [-0.4, -0.2) is 23.9 Å². The summed E-state index contributed by atoms with van der Waals surface area (Å²) in [5.41, 5.74) is 0. The predicted octanol–water partition coefficient (Wildman–Crippen LogP) is 1.76. The first kappa shape index (κ1) is 12.0. The Hall–Kier alpha value is -0.970. The third kappa shape index (κ3) is 5.30. The summed E-state index contributed by atoms with van der Waals surface area (Å²) in [6.07, 6.45) is 5.08. The normalized spacial score (nSPS) is 10.2. The van der Waals surface area contributed by atoms with E-state index in [2.05, 4.69) is 33.6 Å². The largest absolute Gasteiger partial charge is 0.331 e. The minimum Gasteiger partial charge on any atom is -0.331 e. The van der Waals surface area contributed by atoms with Gasteiger partial charge < -0.3 is 4.90 Å². The zero-order chi connectivity index (χ0) is 10.4. The molecule has 0 aliphatic rings. The number of carbonyl (C=O) groups is 1. The molecule has 0 aromatic carbocycles. The molecule has 0 atom stereocenters. The van der Waals surface area contributed by atoms with Gasteiger partial charge in [0, 0.05) is 13.1 Å². The van der Waals surface area contributed by atoms with Crippen molar-refractivity contribution in [2.24, 2.45) is 11.8 Å². The first-order valence-electron chi connectivity index (χ1n) is 4.72. The van der Waals surface area contributed by atoms with Crippen LogP contribution in [-0.2, 0) is 4.79 Å². The Morgan fingerprint density at radius 1 is 1.23 bits per heavy atom. The number of carbonyl (C=O) groups excluding carboxylic acids is 1. The number of hydrogen-bond acceptors (Lipinski definition) is 1. The molecule has 2 nitrogen and oxygen atoms in total. The van der Waals surface area contributed by atoms with Crippen LogP contribution in [0, 0.1) is 24.2 Å². The molecular formula is C11H19NO. The standard InChI is InChI=1S/C11H19NO/c1-6-11(13)12(7-9(2)3)8-10(4)5/h1,9-10H,7-8H2,2-5H3. The fourth-order valence-corrected chi connectivity index (χ4v) is 1.21. The number of rotatable bonds is 4. The second-order valence-electron chi connectivity index (χ2n) is 4.14. The first-order valence-corrected chi connectivity index (χ1v) is 4.72. The molecule has 74 valence electrons. The van der Waals surface area contributed by atoms with Gasteiger partial charge in [-0.2, -0.15) is 0 Å². The molecule has 0 aliphatic heterocycles. The van der Waals surface area contributed by atoms with Gasteiger partial charge >= 0.3 is 0 Å². The summed E-state index contributed by atoms with van der Waals surface area (Å²) >= 11 is 0. The van der Waals surface area contributed by atoms with Crippen LogP contribution in [0.25, 0.3) is 0 Å². The molecule has 0 radical (unpaired) electrons. The molecule has 1 amide bonds. The van der Waals surface area contributed by atoms with E-state index in [1.54, 1.807) is 4.90 Å². The van der Waals surface area contributed by atoms with Gasteiger partial charge in [0.05, 0.1) is 0 Å². The summed E-state index contributed by atoms with van der Waals surface area (Å²) in [5, 5.41) is 0. The molecule has 0 N–H and O–H groups in total. The summed E-state index contributed by atoms with van der Waals surface area (Å²) in [4.78, 5) is 13.0. The Morgan fingerprint density at radius 3 is 1.85 bits per heavy atom. The topological polar surface area (TPSA) is 20.3 Å². The van der Waals surface area contributed by atoms with E-state index in [-0.39, 0.29) is 5.91 Å². The first-order chi connectivity index (χ1) is 5.97. The summed E-state index contributed by atoms with van der Waals surface area (Å²) < 4.78 is 0. The van der Waals surface area contributed by atoms with Gasteiger partial charge in [-0.25, -0.2) is 0 Å². The molecule has 0 aliphatic carbocycles. The van der Waals surface area contributed by atoms with Crippen LogP contribution in [0.15, 0.2) is 0 Å². The van der Waals surface area contributed by atoms with Crippen LogP contribution in [0.3, 0.4) is 0 Å². The maximum atomic E-state index is 11.3. The maximum absolute atomic E-state index is 11.3. The van der Waals surface area contributed by atoms with Crippen molar-refractivity contribution in [2.75, 3.05) is 13.1 Å². The van der Waals surface area contributed by atoms with Gasteiger partial charge in [0.25, 0.3) is 5.91 Å². The highest BCUT2D eigenvalue weighted by atomic mass is 16.2. The third-order valence-corrected chi connectivity index (χ3v) is 1.58. The monoisotopic (exact) mass is 181 g/mol. The average molecular weight is 181 g/mol. The van der Waals surface area contributed by atoms with Crippen molar-refractivity contribution in [1.82, 2.24) is 4.90 Å². The van der Waals surface area contributed by atoms with Crippen molar-refractivity contribution >= 4 is 5.91 Å². The molecule has 0 unspecified atom stereocenters. The van der Waals surface area contributed by atoms with E-state index in [4.69, 9.17) is 6.42 Å². The van der Waals surface area contributed by atoms with Gasteiger partial charge in [-0.05, 0) is 17.8 Å². The smallest absolute Gasteiger partial charge is 0.298 e. The highest BCUT2D eigenvalue weighted by Crippen LogP contribution is 2.03. The molecule has 0 aromatic rings. The lowest BCUT2D eigenvalue weighted by molar-refractivity contribution is -0.126. The predicted molar refractivity (Wildman–Crippen MR) is 55.1 cm³/mol. The highest BCUT2D eigenvalue weighted by molar-refractivity contribution is 5.92. The maximum Gasteiger partial charge on any atom is 0.298 e. The second-order valence-corrected chi connectivity index (χ2v) is 4.14. The Kier molecular flexibility index (Phi) is 5.22. The van der Waals surface area contributed by atoms with Crippen LogP contribution in [0.4, 0.5) is 0 Å². The molecular weight excluding hydrogens is 162 g/mol. The van der Waals surface area contributed by atoms with Gasteiger partial charge in [-0.3, -0.25) is 4.79 Å². The van der Waals surface area contributed by atoms with Crippen LogP contribution >= 0.6 is 0 Å². The van der Waals surface area contributed by atoms with Crippen molar-refractivity contribution in [3.63, 3.8) is 0 Å².